The maximum Gasteiger partial charge on any atom is 0.311 e. The van der Waals surface area contributed by atoms with Gasteiger partial charge >= 0.3 is 5.97 Å². The first-order chi connectivity index (χ1) is 16.8. The van der Waals surface area contributed by atoms with Crippen molar-refractivity contribution in [2.45, 2.75) is 32.7 Å². The van der Waals surface area contributed by atoms with Gasteiger partial charge in [-0.05, 0) is 43.9 Å². The highest BCUT2D eigenvalue weighted by atomic mass is 19.1. The minimum atomic E-state index is -0.551. The predicted octanol–water partition coefficient (Wildman–Crippen LogP) is 2.82. The molecule has 1 aromatic carbocycles. The van der Waals surface area contributed by atoms with E-state index in [9.17, 15) is 18.8 Å². The van der Waals surface area contributed by atoms with Crippen LogP contribution < -0.4 is 10.6 Å². The summed E-state index contributed by atoms with van der Waals surface area (Å²) >= 11 is 0. The molecule has 0 saturated heterocycles. The predicted molar refractivity (Wildman–Crippen MR) is 125 cm³/mol. The van der Waals surface area contributed by atoms with Gasteiger partial charge in [0, 0.05) is 25.2 Å². The lowest BCUT2D eigenvalue weighted by atomic mass is 9.76. The number of benzene rings is 1. The summed E-state index contributed by atoms with van der Waals surface area (Å²) in [6.45, 7) is 2.37. The van der Waals surface area contributed by atoms with Crippen molar-refractivity contribution in [1.82, 2.24) is 25.2 Å². The fourth-order valence-electron chi connectivity index (χ4n) is 3.95. The summed E-state index contributed by atoms with van der Waals surface area (Å²) in [6, 6.07) is 8.78. The molecule has 0 saturated carbocycles. The summed E-state index contributed by atoms with van der Waals surface area (Å²) in [5.41, 5.74) is 1.79. The molecule has 2 aromatic heterocycles. The minimum Gasteiger partial charge on any atom is -0.469 e. The molecular formula is C25H26FN5O4. The summed E-state index contributed by atoms with van der Waals surface area (Å²) in [4.78, 5) is 42.0. The molecule has 1 aliphatic rings. The first-order valence-corrected chi connectivity index (χ1v) is 11.2. The SMILES string of the molecule is COC(=O)C1(C)CC=C(CNC(=O)c2cc(C(=O)NCc3ccc(F)cc3)nc3ccnn23)CC1. The monoisotopic (exact) mass is 479 g/mol. The third-order valence-electron chi connectivity index (χ3n) is 6.18. The molecule has 0 radical (unpaired) electrons. The highest BCUT2D eigenvalue weighted by Gasteiger charge is 2.35. The zero-order chi connectivity index (χ0) is 25.0. The minimum absolute atomic E-state index is 0.0657. The number of carbonyl (C=O) groups excluding carboxylic acids is 3. The van der Waals surface area contributed by atoms with Crippen LogP contribution in [0.2, 0.25) is 0 Å². The van der Waals surface area contributed by atoms with E-state index in [4.69, 9.17) is 4.74 Å². The van der Waals surface area contributed by atoms with E-state index in [1.165, 1.54) is 36.0 Å². The van der Waals surface area contributed by atoms with Gasteiger partial charge in [-0.2, -0.15) is 5.10 Å². The van der Waals surface area contributed by atoms with Crippen LogP contribution in [0.5, 0.6) is 0 Å². The molecule has 1 atom stereocenters. The van der Waals surface area contributed by atoms with Crippen LogP contribution in [0, 0.1) is 11.2 Å². The number of carbonyl (C=O) groups is 3. The van der Waals surface area contributed by atoms with Crippen molar-refractivity contribution in [3.05, 3.63) is 77.0 Å². The fraction of sp³-hybridized carbons (Fsp3) is 0.320. The third-order valence-corrected chi connectivity index (χ3v) is 6.18. The van der Waals surface area contributed by atoms with Crippen LogP contribution in [0.3, 0.4) is 0 Å². The lowest BCUT2D eigenvalue weighted by Crippen LogP contribution is -2.33. The lowest BCUT2D eigenvalue weighted by Gasteiger charge is -2.30. The number of allylic oxidation sites excluding steroid dienone is 1. The zero-order valence-electron chi connectivity index (χ0n) is 19.5. The number of esters is 1. The number of rotatable bonds is 7. The second-order valence-electron chi connectivity index (χ2n) is 8.74. The number of hydrogen-bond acceptors (Lipinski definition) is 6. The molecular weight excluding hydrogens is 453 g/mol. The van der Waals surface area contributed by atoms with E-state index >= 15 is 0 Å². The Morgan fingerprint density at radius 3 is 2.54 bits per heavy atom. The average Bonchev–Trinajstić information content (AvgIpc) is 3.35. The Balaban J connectivity index is 1.44. The van der Waals surface area contributed by atoms with Gasteiger partial charge in [0.15, 0.2) is 5.65 Å². The van der Waals surface area contributed by atoms with E-state index in [2.05, 4.69) is 20.7 Å². The molecule has 1 aliphatic carbocycles. The Morgan fingerprint density at radius 1 is 1.11 bits per heavy atom. The van der Waals surface area contributed by atoms with Gasteiger partial charge in [0.25, 0.3) is 11.8 Å². The summed E-state index contributed by atoms with van der Waals surface area (Å²) in [6.07, 6.45) is 5.30. The number of nitrogens with zero attached hydrogens (tertiary/aromatic N) is 3. The van der Waals surface area contributed by atoms with Crippen molar-refractivity contribution in [3.8, 4) is 0 Å². The smallest absolute Gasteiger partial charge is 0.311 e. The van der Waals surface area contributed by atoms with Gasteiger partial charge in [0.1, 0.15) is 17.2 Å². The van der Waals surface area contributed by atoms with Gasteiger partial charge < -0.3 is 15.4 Å². The fourth-order valence-corrected chi connectivity index (χ4v) is 3.95. The number of ether oxygens (including phenoxy) is 1. The maximum absolute atomic E-state index is 13.1. The van der Waals surface area contributed by atoms with E-state index in [-0.39, 0.29) is 29.7 Å². The number of nitrogens with one attached hydrogen (secondary N) is 2. The van der Waals surface area contributed by atoms with Crippen LogP contribution in [0.15, 0.2) is 54.2 Å². The van der Waals surface area contributed by atoms with Crippen molar-refractivity contribution in [2.75, 3.05) is 13.7 Å². The van der Waals surface area contributed by atoms with Crippen LogP contribution in [0.25, 0.3) is 5.65 Å². The highest BCUT2D eigenvalue weighted by Crippen LogP contribution is 2.35. The maximum atomic E-state index is 13.1. The molecule has 2 N–H and O–H groups in total. The molecule has 2 heterocycles. The van der Waals surface area contributed by atoms with Gasteiger partial charge in [-0.3, -0.25) is 14.4 Å². The Morgan fingerprint density at radius 2 is 1.86 bits per heavy atom. The lowest BCUT2D eigenvalue weighted by molar-refractivity contribution is -0.152. The van der Waals surface area contributed by atoms with Gasteiger partial charge in [-0.1, -0.05) is 23.8 Å². The number of aromatic nitrogens is 3. The van der Waals surface area contributed by atoms with Crippen LogP contribution >= 0.6 is 0 Å². The molecule has 0 bridgehead atoms. The molecule has 0 spiro atoms. The highest BCUT2D eigenvalue weighted by molar-refractivity contribution is 5.98. The normalized spacial score (nSPS) is 17.5. The molecule has 10 heteroatoms. The number of halogens is 1. The average molecular weight is 480 g/mol. The largest absolute Gasteiger partial charge is 0.469 e. The molecule has 2 amide bonds. The van der Waals surface area contributed by atoms with Crippen molar-refractivity contribution in [1.29, 1.82) is 0 Å². The Hall–Kier alpha value is -4.08. The third kappa shape index (κ3) is 5.37. The summed E-state index contributed by atoms with van der Waals surface area (Å²) in [7, 11) is 1.38. The van der Waals surface area contributed by atoms with Crippen molar-refractivity contribution >= 4 is 23.4 Å². The van der Waals surface area contributed by atoms with Crippen LogP contribution in [-0.4, -0.2) is 46.0 Å². The summed E-state index contributed by atoms with van der Waals surface area (Å²) in [5.74, 6) is -1.47. The van der Waals surface area contributed by atoms with Crippen molar-refractivity contribution in [2.24, 2.45) is 5.41 Å². The number of hydrogen-bond donors (Lipinski definition) is 2. The van der Waals surface area contributed by atoms with Crippen LogP contribution in [-0.2, 0) is 16.1 Å². The van der Waals surface area contributed by atoms with Crippen molar-refractivity contribution in [3.63, 3.8) is 0 Å². The standard InChI is InChI=1S/C25H26FN5O4/c1-25(24(34)35-2)10-7-17(8-11-25)15-28-23(33)20-13-19(30-21-9-12-29-31(20)21)22(32)27-14-16-3-5-18(26)6-4-16/h3-7,9,12-13H,8,10-11,14-15H2,1-2H3,(H,27,32)(H,28,33). The Labute approximate surface area is 201 Å². The number of amides is 2. The number of fused-ring (bicyclic) bond motifs is 1. The molecule has 35 heavy (non-hydrogen) atoms. The first-order valence-electron chi connectivity index (χ1n) is 11.2. The summed E-state index contributed by atoms with van der Waals surface area (Å²) in [5, 5.41) is 9.75. The van der Waals surface area contributed by atoms with Gasteiger partial charge in [0.2, 0.25) is 0 Å². The van der Waals surface area contributed by atoms with E-state index in [0.717, 1.165) is 11.1 Å². The van der Waals surface area contributed by atoms with Crippen molar-refractivity contribution < 1.29 is 23.5 Å². The topological polar surface area (TPSA) is 115 Å². The van der Waals surface area contributed by atoms with E-state index in [1.807, 2.05) is 13.0 Å². The quantitative estimate of drug-likeness (QED) is 0.398. The molecule has 4 rings (SSSR count). The van der Waals surface area contributed by atoms with E-state index in [1.54, 1.807) is 18.2 Å². The molecule has 1 unspecified atom stereocenters. The van der Waals surface area contributed by atoms with Crippen LogP contribution in [0.4, 0.5) is 4.39 Å². The summed E-state index contributed by atoms with van der Waals surface area (Å²) < 4.78 is 19.3. The molecule has 0 fully saturated rings. The van der Waals surface area contributed by atoms with E-state index < -0.39 is 17.2 Å². The first kappa shape index (κ1) is 24.1. The molecule has 3 aromatic rings. The van der Waals surface area contributed by atoms with Gasteiger partial charge in [0.05, 0.1) is 18.7 Å². The molecule has 0 aliphatic heterocycles. The van der Waals surface area contributed by atoms with Gasteiger partial charge in [-0.25, -0.2) is 13.9 Å². The Kier molecular flexibility index (Phi) is 6.90. The second kappa shape index (κ2) is 10.0. The second-order valence-corrected chi connectivity index (χ2v) is 8.74. The Bertz CT molecular complexity index is 1300. The van der Waals surface area contributed by atoms with Gasteiger partial charge in [-0.15, -0.1) is 0 Å². The number of methoxy groups -OCH3 is 1. The zero-order valence-corrected chi connectivity index (χ0v) is 19.5. The molecule has 9 nitrogen and oxygen atoms in total. The van der Waals surface area contributed by atoms with E-state index in [0.29, 0.717) is 31.5 Å². The molecule has 182 valence electrons. The van der Waals surface area contributed by atoms with Crippen LogP contribution in [0.1, 0.15) is 52.7 Å².